The molecule has 0 amide bonds. The molecule has 19 heavy (non-hydrogen) atoms. The fraction of sp³-hybridized carbons (Fsp3) is 0.786. The van der Waals surface area contributed by atoms with Crippen LogP contribution in [-0.2, 0) is 13.0 Å². The van der Waals surface area contributed by atoms with Crippen molar-refractivity contribution in [3.05, 3.63) is 16.1 Å². The Hall–Kier alpha value is -0.490. The Morgan fingerprint density at radius 2 is 2.21 bits per heavy atom. The third kappa shape index (κ3) is 3.34. The maximum Gasteiger partial charge on any atom is 0.107 e. The summed E-state index contributed by atoms with van der Waals surface area (Å²) in [6.45, 7) is 10.5. The van der Waals surface area contributed by atoms with Gasteiger partial charge in [0.1, 0.15) is 5.01 Å². The van der Waals surface area contributed by atoms with E-state index in [2.05, 4.69) is 27.0 Å². The lowest BCUT2D eigenvalue weighted by Gasteiger charge is -2.32. The van der Waals surface area contributed by atoms with E-state index in [9.17, 15) is 0 Å². The van der Waals surface area contributed by atoms with Crippen LogP contribution in [-0.4, -0.2) is 60.1 Å². The summed E-state index contributed by atoms with van der Waals surface area (Å²) in [5.74, 6) is 0. The fourth-order valence-electron chi connectivity index (χ4n) is 3.08. The number of nitrogens with zero attached hydrogens (tertiary/aromatic N) is 3. The molecule has 0 spiro atoms. The maximum absolute atomic E-state index is 4.54. The van der Waals surface area contributed by atoms with Gasteiger partial charge in [-0.3, -0.25) is 9.80 Å². The summed E-state index contributed by atoms with van der Waals surface area (Å²) in [6, 6.07) is 0.771. The molecule has 2 aliphatic rings. The molecule has 1 aromatic heterocycles. The van der Waals surface area contributed by atoms with Crippen LogP contribution >= 0.6 is 11.3 Å². The SMILES string of the molecule is CCc1cnc(CN2CCC(N3CCNCC3)C2)s1. The first-order valence-corrected chi connectivity index (χ1v) is 8.27. The summed E-state index contributed by atoms with van der Waals surface area (Å²) in [6.07, 6.45) is 4.48. The highest BCUT2D eigenvalue weighted by molar-refractivity contribution is 7.11. The zero-order chi connectivity index (χ0) is 13.1. The molecular formula is C14H24N4S. The lowest BCUT2D eigenvalue weighted by Crippen LogP contribution is -2.49. The molecule has 0 aliphatic carbocycles. The van der Waals surface area contributed by atoms with Crippen molar-refractivity contribution < 1.29 is 0 Å². The predicted octanol–water partition coefficient (Wildman–Crippen LogP) is 1.18. The molecule has 3 rings (SSSR count). The minimum atomic E-state index is 0.771. The van der Waals surface area contributed by atoms with E-state index < -0.39 is 0 Å². The van der Waals surface area contributed by atoms with E-state index in [1.807, 2.05) is 17.5 Å². The summed E-state index contributed by atoms with van der Waals surface area (Å²) in [5.41, 5.74) is 0. The molecule has 106 valence electrons. The number of thiazole rings is 1. The summed E-state index contributed by atoms with van der Waals surface area (Å²) >= 11 is 1.88. The van der Waals surface area contributed by atoms with E-state index in [1.165, 1.54) is 42.5 Å². The monoisotopic (exact) mass is 280 g/mol. The Labute approximate surface area is 119 Å². The Morgan fingerprint density at radius 1 is 1.37 bits per heavy atom. The molecule has 1 N–H and O–H groups in total. The molecule has 2 aliphatic heterocycles. The molecule has 4 nitrogen and oxygen atoms in total. The Kier molecular flexibility index (Phi) is 4.48. The first-order chi connectivity index (χ1) is 9.35. The van der Waals surface area contributed by atoms with Crippen molar-refractivity contribution in [2.75, 3.05) is 39.3 Å². The summed E-state index contributed by atoms with van der Waals surface area (Å²) in [7, 11) is 0. The van der Waals surface area contributed by atoms with Gasteiger partial charge in [0, 0.05) is 56.4 Å². The third-order valence-corrected chi connectivity index (χ3v) is 5.35. The molecule has 2 fully saturated rings. The predicted molar refractivity (Wildman–Crippen MR) is 79.6 cm³/mol. The number of hydrogen-bond donors (Lipinski definition) is 1. The molecule has 1 unspecified atom stereocenters. The van der Waals surface area contributed by atoms with Gasteiger partial charge in [-0.05, 0) is 12.8 Å². The second kappa shape index (κ2) is 6.31. The summed E-state index contributed by atoms with van der Waals surface area (Å²) in [5, 5.41) is 4.72. The van der Waals surface area contributed by atoms with Gasteiger partial charge in [-0.15, -0.1) is 11.3 Å². The normalized spacial score (nSPS) is 26.1. The Balaban J connectivity index is 1.51. The van der Waals surface area contributed by atoms with Gasteiger partial charge in [0.05, 0.1) is 6.54 Å². The number of aryl methyl sites for hydroxylation is 1. The smallest absolute Gasteiger partial charge is 0.107 e. The topological polar surface area (TPSA) is 31.4 Å². The van der Waals surface area contributed by atoms with Gasteiger partial charge in [0.25, 0.3) is 0 Å². The van der Waals surface area contributed by atoms with Gasteiger partial charge in [0.15, 0.2) is 0 Å². The van der Waals surface area contributed by atoms with Gasteiger partial charge in [0.2, 0.25) is 0 Å². The van der Waals surface area contributed by atoms with Crippen LogP contribution < -0.4 is 5.32 Å². The number of rotatable bonds is 4. The minimum absolute atomic E-state index is 0.771. The summed E-state index contributed by atoms with van der Waals surface area (Å²) < 4.78 is 0. The van der Waals surface area contributed by atoms with Crippen LogP contribution in [0.5, 0.6) is 0 Å². The van der Waals surface area contributed by atoms with Gasteiger partial charge in [-0.2, -0.15) is 0 Å². The third-order valence-electron chi connectivity index (χ3n) is 4.22. The molecular weight excluding hydrogens is 256 g/mol. The minimum Gasteiger partial charge on any atom is -0.314 e. The van der Waals surface area contributed by atoms with Crippen molar-refractivity contribution in [1.82, 2.24) is 20.1 Å². The van der Waals surface area contributed by atoms with Gasteiger partial charge < -0.3 is 5.32 Å². The average Bonchev–Trinajstić information content (AvgIpc) is 3.09. The maximum atomic E-state index is 4.54. The molecule has 5 heteroatoms. The van der Waals surface area contributed by atoms with Crippen LogP contribution in [0.4, 0.5) is 0 Å². The Morgan fingerprint density at radius 3 is 2.95 bits per heavy atom. The molecule has 1 atom stereocenters. The molecule has 2 saturated heterocycles. The average molecular weight is 280 g/mol. The van der Waals surface area contributed by atoms with Crippen LogP contribution in [0.15, 0.2) is 6.20 Å². The van der Waals surface area contributed by atoms with Gasteiger partial charge in [-0.25, -0.2) is 4.98 Å². The molecule has 3 heterocycles. The molecule has 0 bridgehead atoms. The van der Waals surface area contributed by atoms with Crippen LogP contribution in [0.1, 0.15) is 23.2 Å². The van der Waals surface area contributed by atoms with Crippen molar-refractivity contribution in [3.8, 4) is 0 Å². The van der Waals surface area contributed by atoms with Crippen molar-refractivity contribution in [1.29, 1.82) is 0 Å². The number of nitrogens with one attached hydrogen (secondary N) is 1. The van der Waals surface area contributed by atoms with Gasteiger partial charge in [-0.1, -0.05) is 6.92 Å². The van der Waals surface area contributed by atoms with E-state index in [4.69, 9.17) is 0 Å². The number of piperazine rings is 1. The standard InChI is InChI=1S/C14H24N4S/c1-2-13-9-16-14(19-13)11-17-6-3-12(10-17)18-7-4-15-5-8-18/h9,12,15H,2-8,10-11H2,1H3. The lowest BCUT2D eigenvalue weighted by atomic mass is 10.2. The number of aromatic nitrogens is 1. The summed E-state index contributed by atoms with van der Waals surface area (Å²) in [4.78, 5) is 11.2. The number of hydrogen-bond acceptors (Lipinski definition) is 5. The van der Waals surface area contributed by atoms with E-state index in [0.717, 1.165) is 32.1 Å². The second-order valence-corrected chi connectivity index (χ2v) is 6.74. The van der Waals surface area contributed by atoms with Crippen LogP contribution in [0.2, 0.25) is 0 Å². The first-order valence-electron chi connectivity index (χ1n) is 7.46. The van der Waals surface area contributed by atoms with E-state index in [0.29, 0.717) is 0 Å². The first kappa shape index (κ1) is 13.5. The van der Waals surface area contributed by atoms with E-state index in [-0.39, 0.29) is 0 Å². The Bertz CT molecular complexity index is 400. The van der Waals surface area contributed by atoms with Gasteiger partial charge >= 0.3 is 0 Å². The molecule has 1 aromatic rings. The quantitative estimate of drug-likeness (QED) is 0.897. The van der Waals surface area contributed by atoms with E-state index >= 15 is 0 Å². The van der Waals surface area contributed by atoms with Crippen LogP contribution in [0.25, 0.3) is 0 Å². The highest BCUT2D eigenvalue weighted by atomic mass is 32.1. The van der Waals surface area contributed by atoms with Crippen molar-refractivity contribution >= 4 is 11.3 Å². The highest BCUT2D eigenvalue weighted by Crippen LogP contribution is 2.21. The van der Waals surface area contributed by atoms with Crippen molar-refractivity contribution in [2.45, 2.75) is 32.4 Å². The second-order valence-electron chi connectivity index (χ2n) is 5.54. The highest BCUT2D eigenvalue weighted by Gasteiger charge is 2.28. The zero-order valence-corrected chi connectivity index (χ0v) is 12.6. The van der Waals surface area contributed by atoms with Crippen LogP contribution in [0.3, 0.4) is 0 Å². The van der Waals surface area contributed by atoms with E-state index in [1.54, 1.807) is 0 Å². The number of likely N-dealkylation sites (tertiary alicyclic amines) is 1. The molecule has 0 radical (unpaired) electrons. The largest absolute Gasteiger partial charge is 0.314 e. The molecule has 0 aromatic carbocycles. The van der Waals surface area contributed by atoms with Crippen molar-refractivity contribution in [2.24, 2.45) is 0 Å². The molecule has 0 saturated carbocycles. The fourth-order valence-corrected chi connectivity index (χ4v) is 3.98. The van der Waals surface area contributed by atoms with Crippen molar-refractivity contribution in [3.63, 3.8) is 0 Å². The lowest BCUT2D eigenvalue weighted by molar-refractivity contribution is 0.170. The van der Waals surface area contributed by atoms with Crippen LogP contribution in [0, 0.1) is 0 Å². The zero-order valence-electron chi connectivity index (χ0n) is 11.8.